The summed E-state index contributed by atoms with van der Waals surface area (Å²) in [6, 6.07) is 3.29. The lowest BCUT2D eigenvalue weighted by molar-refractivity contribution is 0.0520. The van der Waals surface area contributed by atoms with E-state index >= 15 is 0 Å². The minimum Gasteiger partial charge on any atom is -0.454 e. The Morgan fingerprint density at radius 1 is 1.53 bits per heavy atom. The molecule has 5 nitrogen and oxygen atoms in total. The molecule has 0 spiro atoms. The summed E-state index contributed by atoms with van der Waals surface area (Å²) in [5.74, 6) is -0.228. The molecule has 19 heavy (non-hydrogen) atoms. The summed E-state index contributed by atoms with van der Waals surface area (Å²) in [5, 5.41) is 3.14. The molecule has 0 saturated carbocycles. The summed E-state index contributed by atoms with van der Waals surface area (Å²) in [6.07, 6.45) is 0.810. The van der Waals surface area contributed by atoms with Crippen molar-refractivity contribution < 1.29 is 18.3 Å². The maximum absolute atomic E-state index is 13.3. The Balaban J connectivity index is 2.02. The average Bonchev–Trinajstić information content (AvgIpc) is 2.68. The molecular weight excluding hydrogens is 251 g/mol. The second-order valence-corrected chi connectivity index (χ2v) is 5.09. The first-order chi connectivity index (χ1) is 8.85. The summed E-state index contributed by atoms with van der Waals surface area (Å²) in [6.45, 7) is 5.45. The maximum atomic E-state index is 13.3. The van der Waals surface area contributed by atoms with Gasteiger partial charge in [-0.05, 0) is 32.9 Å². The van der Waals surface area contributed by atoms with Gasteiger partial charge < -0.3 is 14.5 Å². The van der Waals surface area contributed by atoms with Gasteiger partial charge in [-0.15, -0.1) is 0 Å². The zero-order chi connectivity index (χ0) is 14.0. The highest BCUT2D eigenvalue weighted by atomic mass is 19.1. The Bertz CT molecular complexity index is 601. The molecule has 102 valence electrons. The van der Waals surface area contributed by atoms with Crippen LogP contribution in [0.3, 0.4) is 0 Å². The van der Waals surface area contributed by atoms with Crippen LogP contribution in [0.2, 0.25) is 0 Å². The minimum atomic E-state index is -0.666. The number of hydrogen-bond donors (Lipinski definition) is 1. The third kappa shape index (κ3) is 3.43. The number of alkyl carbamates (subject to hydrolysis) is 1. The van der Waals surface area contributed by atoms with Gasteiger partial charge in [-0.3, -0.25) is 0 Å². The van der Waals surface area contributed by atoms with E-state index < -0.39 is 17.6 Å². The highest BCUT2D eigenvalue weighted by molar-refractivity contribution is 5.77. The molecule has 2 heterocycles. The van der Waals surface area contributed by atoms with Crippen molar-refractivity contribution >= 4 is 17.1 Å². The van der Waals surface area contributed by atoms with E-state index in [1.54, 1.807) is 32.9 Å². The quantitative estimate of drug-likeness (QED) is 0.849. The van der Waals surface area contributed by atoms with Crippen LogP contribution >= 0.6 is 0 Å². The normalized spacial score (nSPS) is 11.6. The van der Waals surface area contributed by atoms with E-state index in [0.29, 0.717) is 11.1 Å². The molecule has 0 fully saturated rings. The molecule has 0 aliphatic carbocycles. The number of aromatic nitrogens is 1. The van der Waals surface area contributed by atoms with E-state index in [0.717, 1.165) is 0 Å². The third-order valence-electron chi connectivity index (χ3n) is 2.25. The van der Waals surface area contributed by atoms with E-state index in [1.165, 1.54) is 6.20 Å². The molecule has 0 radical (unpaired) electrons. The van der Waals surface area contributed by atoms with Gasteiger partial charge in [-0.1, -0.05) is 0 Å². The van der Waals surface area contributed by atoms with Gasteiger partial charge >= 0.3 is 6.09 Å². The molecule has 2 aromatic heterocycles. The fourth-order valence-corrected chi connectivity index (χ4v) is 1.55. The number of ether oxygens (including phenoxy) is 1. The van der Waals surface area contributed by atoms with Crippen LogP contribution in [0, 0.1) is 5.95 Å². The Morgan fingerprint density at radius 2 is 2.26 bits per heavy atom. The van der Waals surface area contributed by atoms with Crippen LogP contribution in [-0.2, 0) is 11.3 Å². The van der Waals surface area contributed by atoms with E-state index in [4.69, 9.17) is 9.15 Å². The van der Waals surface area contributed by atoms with Crippen molar-refractivity contribution in [2.75, 3.05) is 0 Å². The Hall–Kier alpha value is -2.11. The van der Waals surface area contributed by atoms with Gasteiger partial charge in [-0.25, -0.2) is 9.78 Å². The predicted molar refractivity (Wildman–Crippen MR) is 67.0 cm³/mol. The lowest BCUT2D eigenvalue weighted by Gasteiger charge is -2.19. The second-order valence-electron chi connectivity index (χ2n) is 5.09. The number of furan rings is 1. The van der Waals surface area contributed by atoms with Gasteiger partial charge in [0.1, 0.15) is 11.4 Å². The Morgan fingerprint density at radius 3 is 2.89 bits per heavy atom. The molecule has 0 aliphatic rings. The van der Waals surface area contributed by atoms with Crippen molar-refractivity contribution in [2.45, 2.75) is 32.9 Å². The van der Waals surface area contributed by atoms with E-state index in [1.807, 2.05) is 0 Å². The molecular formula is C13H15FN2O3. The van der Waals surface area contributed by atoms with Crippen LogP contribution in [0.1, 0.15) is 26.5 Å². The number of hydrogen-bond acceptors (Lipinski definition) is 4. The van der Waals surface area contributed by atoms with Crippen molar-refractivity contribution in [1.29, 1.82) is 0 Å². The number of carbonyl (C=O) groups excluding carboxylic acids is 1. The first-order valence-electron chi connectivity index (χ1n) is 5.85. The van der Waals surface area contributed by atoms with E-state index in [-0.39, 0.29) is 12.1 Å². The van der Waals surface area contributed by atoms with Crippen molar-refractivity contribution in [3.8, 4) is 0 Å². The highest BCUT2D eigenvalue weighted by Gasteiger charge is 2.16. The fourth-order valence-electron chi connectivity index (χ4n) is 1.55. The van der Waals surface area contributed by atoms with Gasteiger partial charge in [0.05, 0.1) is 6.54 Å². The van der Waals surface area contributed by atoms with Crippen molar-refractivity contribution in [3.63, 3.8) is 0 Å². The number of rotatable bonds is 2. The molecule has 0 aliphatic heterocycles. The summed E-state index contributed by atoms with van der Waals surface area (Å²) in [7, 11) is 0. The van der Waals surface area contributed by atoms with Crippen LogP contribution in [0.25, 0.3) is 11.0 Å². The molecule has 0 bridgehead atoms. The number of nitrogens with one attached hydrogen (secondary N) is 1. The average molecular weight is 266 g/mol. The zero-order valence-corrected chi connectivity index (χ0v) is 11.0. The topological polar surface area (TPSA) is 64.4 Å². The minimum absolute atomic E-state index is 0.0866. The highest BCUT2D eigenvalue weighted by Crippen LogP contribution is 2.20. The standard InChI is InChI=1S/C13H15FN2O3/c1-13(2,3)19-12(17)16-7-9-6-8-4-5-15-11(14)10(8)18-9/h4-6H,7H2,1-3H3,(H,16,17). The molecule has 0 aromatic carbocycles. The lowest BCUT2D eigenvalue weighted by atomic mass is 10.2. The van der Waals surface area contributed by atoms with Crippen molar-refractivity contribution in [1.82, 2.24) is 10.3 Å². The molecule has 2 aromatic rings. The third-order valence-corrected chi connectivity index (χ3v) is 2.25. The van der Waals surface area contributed by atoms with Crippen molar-refractivity contribution in [2.24, 2.45) is 0 Å². The van der Waals surface area contributed by atoms with Gasteiger partial charge in [0.2, 0.25) is 0 Å². The maximum Gasteiger partial charge on any atom is 0.408 e. The van der Waals surface area contributed by atoms with Crippen molar-refractivity contribution in [3.05, 3.63) is 30.0 Å². The fraction of sp³-hybridized carbons (Fsp3) is 0.385. The molecule has 0 atom stereocenters. The van der Waals surface area contributed by atoms with Crippen LogP contribution in [0.4, 0.5) is 9.18 Å². The molecule has 1 N–H and O–H groups in total. The van der Waals surface area contributed by atoms with Gasteiger partial charge in [0, 0.05) is 11.6 Å². The number of halogens is 1. The smallest absolute Gasteiger partial charge is 0.408 e. The summed E-state index contributed by atoms with van der Waals surface area (Å²) >= 11 is 0. The monoisotopic (exact) mass is 266 g/mol. The first kappa shape index (κ1) is 13.3. The molecule has 1 amide bonds. The molecule has 2 rings (SSSR count). The molecule has 0 unspecified atom stereocenters. The predicted octanol–water partition coefficient (Wildman–Crippen LogP) is 2.99. The number of nitrogens with zero attached hydrogens (tertiary/aromatic N) is 1. The largest absolute Gasteiger partial charge is 0.454 e. The lowest BCUT2D eigenvalue weighted by Crippen LogP contribution is -2.32. The molecule has 6 heteroatoms. The second kappa shape index (κ2) is 4.87. The van der Waals surface area contributed by atoms with Gasteiger partial charge in [-0.2, -0.15) is 4.39 Å². The summed E-state index contributed by atoms with van der Waals surface area (Å²) in [4.78, 5) is 14.9. The zero-order valence-electron chi connectivity index (χ0n) is 11.0. The first-order valence-corrected chi connectivity index (χ1v) is 5.85. The molecule has 0 saturated heterocycles. The number of fused-ring (bicyclic) bond motifs is 1. The van der Waals surface area contributed by atoms with E-state index in [2.05, 4.69) is 10.3 Å². The Kier molecular flexibility index (Phi) is 3.42. The van der Waals surface area contributed by atoms with Crippen LogP contribution in [-0.4, -0.2) is 16.7 Å². The number of pyridine rings is 1. The Labute approximate surface area is 109 Å². The van der Waals surface area contributed by atoms with Gasteiger partial charge in [0.15, 0.2) is 5.58 Å². The van der Waals surface area contributed by atoms with Crippen LogP contribution in [0.5, 0.6) is 0 Å². The van der Waals surface area contributed by atoms with Crippen LogP contribution < -0.4 is 5.32 Å². The van der Waals surface area contributed by atoms with Crippen LogP contribution in [0.15, 0.2) is 22.7 Å². The van der Waals surface area contributed by atoms with E-state index in [9.17, 15) is 9.18 Å². The SMILES string of the molecule is CC(C)(C)OC(=O)NCc1cc2ccnc(F)c2o1. The number of amides is 1. The summed E-state index contributed by atoms with van der Waals surface area (Å²) < 4.78 is 23.7. The summed E-state index contributed by atoms with van der Waals surface area (Å²) in [5.41, 5.74) is -0.475. The number of carbonyl (C=O) groups is 1. The van der Waals surface area contributed by atoms with Gasteiger partial charge in [0.25, 0.3) is 5.95 Å².